The molecule has 4 rings (SSSR count). The van der Waals surface area contributed by atoms with Gasteiger partial charge in [0.1, 0.15) is 0 Å². The van der Waals surface area contributed by atoms with Crippen LogP contribution in [0, 0.1) is 6.92 Å². The number of nitrogens with zero attached hydrogens (tertiary/aromatic N) is 1. The number of aryl methyl sites for hydroxylation is 2. The third-order valence-electron chi connectivity index (χ3n) is 5.36. The molecule has 1 aromatic heterocycles. The Hall–Kier alpha value is -2.98. The van der Waals surface area contributed by atoms with E-state index < -0.39 is 0 Å². The van der Waals surface area contributed by atoms with Crippen molar-refractivity contribution in [3.63, 3.8) is 0 Å². The van der Waals surface area contributed by atoms with Gasteiger partial charge < -0.3 is 9.88 Å². The molecular weight excluding hydrogens is 388 g/mol. The normalized spacial score (nSPS) is 11.0. The Kier molecular flexibility index (Phi) is 6.24. The standard InChI is InChI=1S/C26H26N2OS/c1-3-20-12-14-22(15-13-20)27-26(29)18-30-25-17-28(24-11-7-6-10-23(24)25)16-21-9-5-4-8-19(21)2/h4-15,17H,3,16,18H2,1-2H3,(H,27,29). The quantitative estimate of drug-likeness (QED) is 0.361. The summed E-state index contributed by atoms with van der Waals surface area (Å²) < 4.78 is 2.28. The molecule has 1 amide bonds. The lowest BCUT2D eigenvalue weighted by Gasteiger charge is -2.08. The maximum atomic E-state index is 12.5. The second kappa shape index (κ2) is 9.23. The lowest BCUT2D eigenvalue weighted by atomic mass is 10.1. The molecule has 30 heavy (non-hydrogen) atoms. The number of carbonyl (C=O) groups is 1. The predicted octanol–water partition coefficient (Wildman–Crippen LogP) is 6.29. The van der Waals surface area contributed by atoms with Crippen LogP contribution in [0.3, 0.4) is 0 Å². The molecule has 0 saturated carbocycles. The molecular formula is C26H26N2OS. The van der Waals surface area contributed by atoms with Gasteiger partial charge in [-0.1, -0.05) is 61.5 Å². The number of amides is 1. The van der Waals surface area contributed by atoms with Crippen LogP contribution < -0.4 is 5.32 Å². The summed E-state index contributed by atoms with van der Waals surface area (Å²) in [6.07, 6.45) is 3.17. The highest BCUT2D eigenvalue weighted by molar-refractivity contribution is 8.00. The van der Waals surface area contributed by atoms with Gasteiger partial charge in [-0.15, -0.1) is 11.8 Å². The monoisotopic (exact) mass is 414 g/mol. The number of benzene rings is 3. The van der Waals surface area contributed by atoms with Crippen molar-refractivity contribution in [2.75, 3.05) is 11.1 Å². The fourth-order valence-corrected chi connectivity index (χ4v) is 4.48. The molecule has 152 valence electrons. The van der Waals surface area contributed by atoms with Crippen LogP contribution >= 0.6 is 11.8 Å². The predicted molar refractivity (Wildman–Crippen MR) is 127 cm³/mol. The van der Waals surface area contributed by atoms with E-state index in [1.165, 1.54) is 27.6 Å². The van der Waals surface area contributed by atoms with Crippen LogP contribution in [0.25, 0.3) is 10.9 Å². The van der Waals surface area contributed by atoms with Crippen molar-refractivity contribution in [1.29, 1.82) is 0 Å². The Labute approximate surface area is 182 Å². The summed E-state index contributed by atoms with van der Waals surface area (Å²) in [5.41, 5.74) is 5.91. The highest BCUT2D eigenvalue weighted by Gasteiger charge is 2.12. The van der Waals surface area contributed by atoms with Crippen molar-refractivity contribution in [2.24, 2.45) is 0 Å². The highest BCUT2D eigenvalue weighted by atomic mass is 32.2. The number of thioether (sulfide) groups is 1. The molecule has 3 aromatic carbocycles. The first-order chi connectivity index (χ1) is 14.6. The minimum Gasteiger partial charge on any atom is -0.342 e. The van der Waals surface area contributed by atoms with Gasteiger partial charge in [-0.3, -0.25) is 4.79 Å². The van der Waals surface area contributed by atoms with Gasteiger partial charge in [-0.2, -0.15) is 0 Å². The van der Waals surface area contributed by atoms with Crippen molar-refractivity contribution in [2.45, 2.75) is 31.7 Å². The van der Waals surface area contributed by atoms with E-state index in [9.17, 15) is 4.79 Å². The fourth-order valence-electron chi connectivity index (χ4n) is 3.59. The smallest absolute Gasteiger partial charge is 0.234 e. The average Bonchev–Trinajstić information content (AvgIpc) is 3.12. The minimum atomic E-state index is 0.0139. The molecule has 0 atom stereocenters. The zero-order valence-electron chi connectivity index (χ0n) is 17.4. The minimum absolute atomic E-state index is 0.0139. The van der Waals surface area contributed by atoms with Gasteiger partial charge in [0.2, 0.25) is 5.91 Å². The first-order valence-electron chi connectivity index (χ1n) is 10.3. The Morgan fingerprint density at radius 2 is 1.70 bits per heavy atom. The van der Waals surface area contributed by atoms with E-state index in [4.69, 9.17) is 0 Å². The van der Waals surface area contributed by atoms with E-state index in [2.05, 4.69) is 90.6 Å². The maximum Gasteiger partial charge on any atom is 0.234 e. The van der Waals surface area contributed by atoms with Crippen molar-refractivity contribution >= 4 is 34.3 Å². The Bertz CT molecular complexity index is 1160. The van der Waals surface area contributed by atoms with Crippen LogP contribution in [0.4, 0.5) is 5.69 Å². The lowest BCUT2D eigenvalue weighted by molar-refractivity contribution is -0.113. The third kappa shape index (κ3) is 4.60. The number of rotatable bonds is 7. The lowest BCUT2D eigenvalue weighted by Crippen LogP contribution is -2.13. The molecule has 0 unspecified atom stereocenters. The fraction of sp³-hybridized carbons (Fsp3) is 0.192. The van der Waals surface area contributed by atoms with Crippen LogP contribution in [0.2, 0.25) is 0 Å². The van der Waals surface area contributed by atoms with Gasteiger partial charge in [-0.05, 0) is 48.2 Å². The van der Waals surface area contributed by atoms with Crippen LogP contribution in [0.15, 0.2) is 83.9 Å². The Morgan fingerprint density at radius 3 is 2.47 bits per heavy atom. The molecule has 0 radical (unpaired) electrons. The van der Waals surface area contributed by atoms with Gasteiger partial charge in [0, 0.05) is 34.2 Å². The number of para-hydroxylation sites is 1. The molecule has 0 bridgehead atoms. The molecule has 0 spiro atoms. The average molecular weight is 415 g/mol. The van der Waals surface area contributed by atoms with Gasteiger partial charge in [-0.25, -0.2) is 0 Å². The van der Waals surface area contributed by atoms with Crippen molar-refractivity contribution in [1.82, 2.24) is 4.57 Å². The molecule has 1 N–H and O–H groups in total. The van der Waals surface area contributed by atoms with Crippen LogP contribution in [0.1, 0.15) is 23.6 Å². The van der Waals surface area contributed by atoms with E-state index in [-0.39, 0.29) is 5.91 Å². The van der Waals surface area contributed by atoms with Crippen LogP contribution in [-0.2, 0) is 17.8 Å². The molecule has 4 aromatic rings. The first-order valence-corrected chi connectivity index (χ1v) is 11.3. The molecule has 0 fully saturated rings. The summed E-state index contributed by atoms with van der Waals surface area (Å²) >= 11 is 1.59. The van der Waals surface area contributed by atoms with E-state index in [0.29, 0.717) is 5.75 Å². The van der Waals surface area contributed by atoms with Gasteiger partial charge in [0.15, 0.2) is 0 Å². The molecule has 4 heteroatoms. The molecule has 1 heterocycles. The first kappa shape index (κ1) is 20.3. The van der Waals surface area contributed by atoms with Gasteiger partial charge >= 0.3 is 0 Å². The molecule has 0 aliphatic carbocycles. The summed E-state index contributed by atoms with van der Waals surface area (Å²) in [4.78, 5) is 13.6. The second-order valence-electron chi connectivity index (χ2n) is 7.45. The zero-order chi connectivity index (χ0) is 20.9. The number of aromatic nitrogens is 1. The summed E-state index contributed by atoms with van der Waals surface area (Å²) in [7, 11) is 0. The SMILES string of the molecule is CCc1ccc(NC(=O)CSc2cn(Cc3ccccc3C)c3ccccc23)cc1. The summed E-state index contributed by atoms with van der Waals surface area (Å²) in [5, 5.41) is 4.19. The van der Waals surface area contributed by atoms with E-state index in [1.807, 2.05) is 12.1 Å². The van der Waals surface area contributed by atoms with E-state index in [0.717, 1.165) is 23.5 Å². The zero-order valence-corrected chi connectivity index (χ0v) is 18.2. The maximum absolute atomic E-state index is 12.5. The number of hydrogen-bond acceptors (Lipinski definition) is 2. The van der Waals surface area contributed by atoms with E-state index >= 15 is 0 Å². The number of carbonyl (C=O) groups excluding carboxylic acids is 1. The summed E-state index contributed by atoms with van der Waals surface area (Å²) in [6.45, 7) is 5.09. The molecule has 0 saturated heterocycles. The van der Waals surface area contributed by atoms with E-state index in [1.54, 1.807) is 11.8 Å². The van der Waals surface area contributed by atoms with Crippen molar-refractivity contribution < 1.29 is 4.79 Å². The number of fused-ring (bicyclic) bond motifs is 1. The van der Waals surface area contributed by atoms with Crippen LogP contribution in [-0.4, -0.2) is 16.2 Å². The number of nitrogens with one attached hydrogen (secondary N) is 1. The summed E-state index contributed by atoms with van der Waals surface area (Å²) in [6, 6.07) is 24.9. The molecule has 0 aliphatic heterocycles. The number of hydrogen-bond donors (Lipinski definition) is 1. The molecule has 0 aliphatic rings. The van der Waals surface area contributed by atoms with Gasteiger partial charge in [0.25, 0.3) is 0 Å². The van der Waals surface area contributed by atoms with Crippen LogP contribution in [0.5, 0.6) is 0 Å². The largest absolute Gasteiger partial charge is 0.342 e. The third-order valence-corrected chi connectivity index (χ3v) is 6.40. The topological polar surface area (TPSA) is 34.0 Å². The highest BCUT2D eigenvalue weighted by Crippen LogP contribution is 2.31. The molecule has 3 nitrogen and oxygen atoms in total. The number of anilines is 1. The Morgan fingerprint density at radius 1 is 0.967 bits per heavy atom. The van der Waals surface area contributed by atoms with Crippen molar-refractivity contribution in [3.8, 4) is 0 Å². The second-order valence-corrected chi connectivity index (χ2v) is 8.47. The summed E-state index contributed by atoms with van der Waals surface area (Å²) in [5.74, 6) is 0.397. The Balaban J connectivity index is 1.48. The van der Waals surface area contributed by atoms with Crippen molar-refractivity contribution in [3.05, 3.63) is 95.7 Å². The van der Waals surface area contributed by atoms with Gasteiger partial charge in [0.05, 0.1) is 5.75 Å².